The molecular formula is C35H23N2OP. The molecule has 2 heterocycles. The molecule has 8 rings (SSSR count). The zero-order valence-electron chi connectivity index (χ0n) is 21.0. The molecule has 0 aliphatic heterocycles. The van der Waals surface area contributed by atoms with Crippen LogP contribution in [-0.4, -0.2) is 9.38 Å². The van der Waals surface area contributed by atoms with Crippen molar-refractivity contribution in [1.82, 2.24) is 9.38 Å². The molecule has 4 heteroatoms. The van der Waals surface area contributed by atoms with Crippen molar-refractivity contribution in [3.8, 4) is 0 Å². The van der Waals surface area contributed by atoms with Crippen molar-refractivity contribution in [2.45, 2.75) is 0 Å². The van der Waals surface area contributed by atoms with Crippen LogP contribution in [0.25, 0.3) is 49.1 Å². The molecule has 2 aromatic heterocycles. The van der Waals surface area contributed by atoms with Gasteiger partial charge in [0.25, 0.3) is 0 Å². The summed E-state index contributed by atoms with van der Waals surface area (Å²) in [5.74, 6) is 0. The van der Waals surface area contributed by atoms with Gasteiger partial charge in [-0.05, 0) is 46.5 Å². The van der Waals surface area contributed by atoms with Crippen LogP contribution in [0.2, 0.25) is 0 Å². The number of fused-ring (bicyclic) bond motifs is 9. The molecular weight excluding hydrogens is 495 g/mol. The van der Waals surface area contributed by atoms with E-state index in [-0.39, 0.29) is 0 Å². The number of imidazole rings is 1. The summed E-state index contributed by atoms with van der Waals surface area (Å²) in [6, 6.07) is 47.2. The molecule has 3 nitrogen and oxygen atoms in total. The molecule has 184 valence electrons. The van der Waals surface area contributed by atoms with Gasteiger partial charge in [0.1, 0.15) is 5.65 Å². The number of nitrogens with zero attached hydrogens (tertiary/aromatic N) is 2. The lowest BCUT2D eigenvalue weighted by molar-refractivity contribution is 0.592. The fraction of sp³-hybridized carbons (Fsp3) is 0. The zero-order chi connectivity index (χ0) is 26.0. The van der Waals surface area contributed by atoms with Crippen LogP contribution >= 0.6 is 7.14 Å². The standard InChI is InChI=1S/C35H23N2OP/c38-39(26-14-3-1-4-15-26,27-16-5-2-6-17-27)33-21-11-18-28-29-22-24-12-7-8-13-25(24)23-30(29)35-36-31-19-9-10-20-32(31)37(35)34(28)33/h1-23H. The first-order valence-corrected chi connectivity index (χ1v) is 14.8. The molecule has 0 fully saturated rings. The van der Waals surface area contributed by atoms with E-state index in [0.29, 0.717) is 0 Å². The van der Waals surface area contributed by atoms with E-state index in [4.69, 9.17) is 4.98 Å². The van der Waals surface area contributed by atoms with Gasteiger partial charge in [-0.15, -0.1) is 0 Å². The maximum absolute atomic E-state index is 15.6. The second kappa shape index (κ2) is 8.39. The highest BCUT2D eigenvalue weighted by Gasteiger charge is 2.33. The molecule has 0 aliphatic carbocycles. The molecule has 0 amide bonds. The highest BCUT2D eigenvalue weighted by molar-refractivity contribution is 7.85. The molecule has 0 radical (unpaired) electrons. The van der Waals surface area contributed by atoms with Crippen molar-refractivity contribution >= 4 is 72.2 Å². The third-order valence-electron chi connectivity index (χ3n) is 7.79. The first kappa shape index (κ1) is 22.3. The van der Waals surface area contributed by atoms with Gasteiger partial charge in [0.15, 0.2) is 7.14 Å². The van der Waals surface area contributed by atoms with E-state index in [1.165, 1.54) is 10.8 Å². The number of pyridine rings is 1. The number of para-hydroxylation sites is 3. The van der Waals surface area contributed by atoms with Crippen LogP contribution in [0, 0.1) is 0 Å². The first-order valence-electron chi connectivity index (χ1n) is 13.1. The summed E-state index contributed by atoms with van der Waals surface area (Å²) >= 11 is 0. The van der Waals surface area contributed by atoms with Gasteiger partial charge in [0.2, 0.25) is 0 Å². The van der Waals surface area contributed by atoms with Crippen LogP contribution in [0.3, 0.4) is 0 Å². The summed E-state index contributed by atoms with van der Waals surface area (Å²) < 4.78 is 17.9. The van der Waals surface area contributed by atoms with E-state index >= 15 is 4.57 Å². The van der Waals surface area contributed by atoms with E-state index in [0.717, 1.165) is 54.3 Å². The minimum absolute atomic E-state index is 0.819. The van der Waals surface area contributed by atoms with Crippen molar-refractivity contribution in [2.24, 2.45) is 0 Å². The fourth-order valence-electron chi connectivity index (χ4n) is 6.02. The molecule has 0 aliphatic rings. The van der Waals surface area contributed by atoms with Gasteiger partial charge >= 0.3 is 0 Å². The second-order valence-corrected chi connectivity index (χ2v) is 12.7. The highest BCUT2D eigenvalue weighted by atomic mass is 31.2. The fourth-order valence-corrected chi connectivity index (χ4v) is 8.88. The third-order valence-corrected chi connectivity index (χ3v) is 10.9. The lowest BCUT2D eigenvalue weighted by atomic mass is 10.0. The Balaban J connectivity index is 1.65. The van der Waals surface area contributed by atoms with E-state index in [2.05, 4.69) is 65.1 Å². The van der Waals surface area contributed by atoms with Crippen molar-refractivity contribution in [3.63, 3.8) is 0 Å². The van der Waals surface area contributed by atoms with Gasteiger partial charge in [-0.1, -0.05) is 109 Å². The summed E-state index contributed by atoms with van der Waals surface area (Å²) in [5, 5.41) is 8.07. The predicted molar refractivity (Wildman–Crippen MR) is 165 cm³/mol. The summed E-state index contributed by atoms with van der Waals surface area (Å²) in [4.78, 5) is 5.14. The van der Waals surface area contributed by atoms with Crippen molar-refractivity contribution < 1.29 is 4.57 Å². The Bertz CT molecular complexity index is 2210. The Hall–Kier alpha value is -4.72. The molecule has 0 atom stereocenters. The maximum Gasteiger partial charge on any atom is 0.173 e. The van der Waals surface area contributed by atoms with Gasteiger partial charge in [0, 0.05) is 26.7 Å². The Morgan fingerprint density at radius 1 is 0.538 bits per heavy atom. The van der Waals surface area contributed by atoms with Crippen LogP contribution in [0.15, 0.2) is 140 Å². The van der Waals surface area contributed by atoms with Crippen LogP contribution < -0.4 is 15.9 Å². The largest absolute Gasteiger partial charge is 0.309 e. The summed E-state index contributed by atoms with van der Waals surface area (Å²) in [6.45, 7) is 0. The van der Waals surface area contributed by atoms with Gasteiger partial charge in [0.05, 0.1) is 16.6 Å². The van der Waals surface area contributed by atoms with Crippen molar-refractivity contribution in [3.05, 3.63) is 140 Å². The van der Waals surface area contributed by atoms with E-state index in [1.54, 1.807) is 0 Å². The molecule has 0 saturated heterocycles. The van der Waals surface area contributed by atoms with E-state index < -0.39 is 7.14 Å². The lowest BCUT2D eigenvalue weighted by Crippen LogP contribution is -2.26. The second-order valence-electron chi connectivity index (χ2n) is 9.96. The Labute approximate surface area is 225 Å². The average Bonchev–Trinajstić information content (AvgIpc) is 3.40. The number of rotatable bonds is 3. The summed E-state index contributed by atoms with van der Waals surface area (Å²) in [5.41, 5.74) is 3.75. The van der Waals surface area contributed by atoms with E-state index in [1.807, 2.05) is 78.9 Å². The molecule has 8 aromatic rings. The molecule has 6 aromatic carbocycles. The van der Waals surface area contributed by atoms with Crippen LogP contribution in [0.1, 0.15) is 0 Å². The van der Waals surface area contributed by atoms with Crippen LogP contribution in [-0.2, 0) is 4.57 Å². The molecule has 0 bridgehead atoms. The number of aromatic nitrogens is 2. The Morgan fingerprint density at radius 3 is 1.82 bits per heavy atom. The summed E-state index contributed by atoms with van der Waals surface area (Å²) in [6.07, 6.45) is 0. The first-order chi connectivity index (χ1) is 19.2. The van der Waals surface area contributed by atoms with Crippen LogP contribution in [0.5, 0.6) is 0 Å². The molecule has 39 heavy (non-hydrogen) atoms. The SMILES string of the molecule is O=P(c1ccccc1)(c1ccccc1)c1cccc2c3cc4ccccc4cc3c3nc4ccccc4n3c12. The van der Waals surface area contributed by atoms with Crippen LogP contribution in [0.4, 0.5) is 0 Å². The lowest BCUT2D eigenvalue weighted by Gasteiger charge is -2.23. The smallest absolute Gasteiger partial charge is 0.173 e. The van der Waals surface area contributed by atoms with Gasteiger partial charge in [-0.3, -0.25) is 4.40 Å². The number of hydrogen-bond acceptors (Lipinski definition) is 2. The van der Waals surface area contributed by atoms with Gasteiger partial charge in [-0.25, -0.2) is 4.98 Å². The molecule has 0 saturated carbocycles. The van der Waals surface area contributed by atoms with Gasteiger partial charge in [-0.2, -0.15) is 0 Å². The zero-order valence-corrected chi connectivity index (χ0v) is 21.9. The molecule has 0 spiro atoms. The number of hydrogen-bond donors (Lipinski definition) is 0. The minimum Gasteiger partial charge on any atom is -0.309 e. The topological polar surface area (TPSA) is 34.4 Å². The number of benzene rings is 6. The quantitative estimate of drug-likeness (QED) is 0.137. The Kier molecular flexibility index (Phi) is 4.79. The van der Waals surface area contributed by atoms with Crippen molar-refractivity contribution in [1.29, 1.82) is 0 Å². The summed E-state index contributed by atoms with van der Waals surface area (Å²) in [7, 11) is -3.25. The van der Waals surface area contributed by atoms with Crippen molar-refractivity contribution in [2.75, 3.05) is 0 Å². The predicted octanol–water partition coefficient (Wildman–Crippen LogP) is 7.59. The average molecular weight is 519 g/mol. The highest BCUT2D eigenvalue weighted by Crippen LogP contribution is 2.46. The normalized spacial score (nSPS) is 12.2. The third kappa shape index (κ3) is 3.17. The molecule has 0 N–H and O–H groups in total. The van der Waals surface area contributed by atoms with E-state index in [9.17, 15) is 0 Å². The van der Waals surface area contributed by atoms with Gasteiger partial charge < -0.3 is 4.57 Å². The maximum atomic E-state index is 15.6. The monoisotopic (exact) mass is 518 g/mol. The Morgan fingerprint density at radius 2 is 1.13 bits per heavy atom. The minimum atomic E-state index is -3.25. The molecule has 0 unspecified atom stereocenters.